The smallest absolute Gasteiger partial charge is 0.410 e. The molecule has 3 rings (SSSR count). The van der Waals surface area contributed by atoms with Crippen molar-refractivity contribution >= 4 is 27.8 Å². The summed E-state index contributed by atoms with van der Waals surface area (Å²) in [6.07, 6.45) is -1.35. The van der Waals surface area contributed by atoms with Gasteiger partial charge in [-0.2, -0.15) is 12.7 Å². The van der Waals surface area contributed by atoms with Gasteiger partial charge in [-0.15, -0.1) is 5.10 Å². The van der Waals surface area contributed by atoms with Crippen molar-refractivity contribution in [2.75, 3.05) is 30.2 Å². The number of anilines is 2. The molecular formula is C14H19N7O5S. The summed E-state index contributed by atoms with van der Waals surface area (Å²) in [4.78, 5) is 15.3. The molecule has 146 valence electrons. The fourth-order valence-corrected chi connectivity index (χ4v) is 3.87. The van der Waals surface area contributed by atoms with E-state index >= 15 is 0 Å². The van der Waals surface area contributed by atoms with Crippen LogP contribution in [-0.2, 0) is 22.0 Å². The number of hydrogen-bond acceptors (Lipinski definition) is 7. The third-order valence-corrected chi connectivity index (χ3v) is 5.56. The molecule has 1 aliphatic rings. The van der Waals surface area contributed by atoms with E-state index in [0.29, 0.717) is 30.2 Å². The second-order valence-corrected chi connectivity index (χ2v) is 7.62. The summed E-state index contributed by atoms with van der Waals surface area (Å²) in [6.45, 7) is 2.22. The number of methoxy groups -OCH3 is 1. The van der Waals surface area contributed by atoms with Gasteiger partial charge >= 0.3 is 16.3 Å². The zero-order valence-corrected chi connectivity index (χ0v) is 15.7. The summed E-state index contributed by atoms with van der Waals surface area (Å²) in [5.41, 5.74) is 1.32. The Hall–Kier alpha value is -2.77. The molecule has 1 saturated heterocycles. The minimum atomic E-state index is -3.70. The molecule has 3 heterocycles. The molecule has 2 aromatic heterocycles. The predicted octanol–water partition coefficient (Wildman–Crippen LogP) is 0.263. The maximum Gasteiger partial charge on any atom is 0.410 e. The maximum absolute atomic E-state index is 12.4. The second-order valence-electron chi connectivity index (χ2n) is 5.95. The molecule has 0 atom stereocenters. The Morgan fingerprint density at radius 1 is 1.37 bits per heavy atom. The van der Waals surface area contributed by atoms with Crippen molar-refractivity contribution in [3.05, 3.63) is 17.8 Å². The van der Waals surface area contributed by atoms with Gasteiger partial charge in [0, 0.05) is 27.2 Å². The van der Waals surface area contributed by atoms with Crippen molar-refractivity contribution in [2.24, 2.45) is 7.05 Å². The largest absolute Gasteiger partial charge is 0.465 e. The van der Waals surface area contributed by atoms with Crippen molar-refractivity contribution in [3.63, 3.8) is 0 Å². The zero-order valence-electron chi connectivity index (χ0n) is 14.9. The van der Waals surface area contributed by atoms with Crippen molar-refractivity contribution < 1.29 is 23.1 Å². The van der Waals surface area contributed by atoms with Gasteiger partial charge in [-0.25, -0.2) is 14.5 Å². The Morgan fingerprint density at radius 3 is 2.67 bits per heavy atom. The van der Waals surface area contributed by atoms with Crippen LogP contribution in [0.15, 0.2) is 12.1 Å². The number of aromatic nitrogens is 4. The number of carboxylic acid groups (broad SMARTS) is 1. The van der Waals surface area contributed by atoms with Gasteiger partial charge in [0.25, 0.3) is 0 Å². The summed E-state index contributed by atoms with van der Waals surface area (Å²) in [5, 5.41) is 18.9. The van der Waals surface area contributed by atoms with Gasteiger partial charge in [-0.3, -0.25) is 10.0 Å². The molecule has 3 N–H and O–H groups in total. The van der Waals surface area contributed by atoms with E-state index in [0.717, 1.165) is 0 Å². The number of nitrogens with zero attached hydrogens (tertiary/aromatic N) is 5. The van der Waals surface area contributed by atoms with Gasteiger partial charge in [0.15, 0.2) is 11.5 Å². The lowest BCUT2D eigenvalue weighted by molar-refractivity contribution is 0.0128. The molecule has 13 heteroatoms. The Kier molecular flexibility index (Phi) is 4.99. The van der Waals surface area contributed by atoms with Crippen LogP contribution in [0.1, 0.15) is 5.69 Å². The number of carbonyl (C=O) groups is 1. The van der Waals surface area contributed by atoms with E-state index in [2.05, 4.69) is 25.3 Å². The number of aryl methyl sites for hydroxylation is 2. The van der Waals surface area contributed by atoms with Crippen LogP contribution in [0.5, 0.6) is 0 Å². The molecule has 12 nitrogen and oxygen atoms in total. The molecule has 0 unspecified atom stereocenters. The molecular weight excluding hydrogens is 378 g/mol. The van der Waals surface area contributed by atoms with E-state index in [1.807, 2.05) is 0 Å². The minimum Gasteiger partial charge on any atom is -0.465 e. The van der Waals surface area contributed by atoms with Gasteiger partial charge in [0.05, 0.1) is 23.2 Å². The van der Waals surface area contributed by atoms with Gasteiger partial charge in [0.2, 0.25) is 0 Å². The maximum atomic E-state index is 12.4. The highest BCUT2D eigenvalue weighted by molar-refractivity contribution is 7.90. The van der Waals surface area contributed by atoms with Crippen molar-refractivity contribution in [1.82, 2.24) is 24.3 Å². The monoisotopic (exact) mass is 397 g/mol. The average Bonchev–Trinajstić information content (AvgIpc) is 2.88. The number of amides is 1. The first-order valence-electron chi connectivity index (χ1n) is 7.89. The summed E-state index contributed by atoms with van der Waals surface area (Å²) in [6, 6.07) is 3.08. The lowest BCUT2D eigenvalue weighted by atomic mass is 10.2. The summed E-state index contributed by atoms with van der Waals surface area (Å²) in [7, 11) is -0.623. The summed E-state index contributed by atoms with van der Waals surface area (Å²) < 4.78 is 34.8. The average molecular weight is 397 g/mol. The normalized spacial score (nSPS) is 15.4. The van der Waals surface area contributed by atoms with E-state index in [4.69, 9.17) is 9.84 Å². The Labute approximate surface area is 155 Å². The topological polar surface area (TPSA) is 152 Å². The summed E-state index contributed by atoms with van der Waals surface area (Å²) >= 11 is 0. The highest BCUT2D eigenvalue weighted by atomic mass is 32.2. The number of pyridine rings is 1. The third kappa shape index (κ3) is 3.84. The first-order chi connectivity index (χ1) is 12.7. The Morgan fingerprint density at radius 2 is 2.07 bits per heavy atom. The molecule has 2 aromatic rings. The minimum absolute atomic E-state index is 0.0972. The molecule has 0 radical (unpaired) electrons. The van der Waals surface area contributed by atoms with Crippen LogP contribution in [0, 0.1) is 6.92 Å². The van der Waals surface area contributed by atoms with Gasteiger partial charge in [0.1, 0.15) is 0 Å². The fraction of sp³-hybridized carbons (Fsp3) is 0.429. The van der Waals surface area contributed by atoms with E-state index < -0.39 is 16.3 Å². The lowest BCUT2D eigenvalue weighted by Gasteiger charge is -2.36. The second kappa shape index (κ2) is 7.09. The van der Waals surface area contributed by atoms with E-state index in [1.165, 1.54) is 29.2 Å². The highest BCUT2D eigenvalue weighted by Gasteiger charge is 2.36. The molecule has 27 heavy (non-hydrogen) atoms. The van der Waals surface area contributed by atoms with Crippen LogP contribution in [0.2, 0.25) is 0 Å². The van der Waals surface area contributed by atoms with Crippen LogP contribution in [0.3, 0.4) is 0 Å². The standard InChI is InChI=1S/C14H19N7O5S/c1-8-10(18-27(24,25)21-6-9(7-21)26-3)4-5-11(15-8)12-13(16-14(22)23)20(2)19-17-12/h4-5,9,16,18H,6-7H2,1-3H3,(H,22,23). The van der Waals surface area contributed by atoms with Gasteiger partial charge in [-0.05, 0) is 19.1 Å². The number of ether oxygens (including phenoxy) is 1. The highest BCUT2D eigenvalue weighted by Crippen LogP contribution is 2.27. The first kappa shape index (κ1) is 19.0. The van der Waals surface area contributed by atoms with Crippen molar-refractivity contribution in [1.29, 1.82) is 0 Å². The predicted molar refractivity (Wildman–Crippen MR) is 95.5 cm³/mol. The molecule has 1 fully saturated rings. The van der Waals surface area contributed by atoms with Crippen LogP contribution in [0.4, 0.5) is 16.3 Å². The van der Waals surface area contributed by atoms with Gasteiger partial charge in [-0.1, -0.05) is 5.21 Å². The number of rotatable bonds is 6. The van der Waals surface area contributed by atoms with Crippen LogP contribution in [-0.4, -0.2) is 70.2 Å². The lowest BCUT2D eigenvalue weighted by Crippen LogP contribution is -2.55. The quantitative estimate of drug-likeness (QED) is 0.628. The van der Waals surface area contributed by atoms with E-state index in [-0.39, 0.29) is 17.6 Å². The van der Waals surface area contributed by atoms with Crippen LogP contribution in [0.25, 0.3) is 11.4 Å². The molecule has 0 aliphatic carbocycles. The van der Waals surface area contributed by atoms with E-state index in [9.17, 15) is 13.2 Å². The van der Waals surface area contributed by atoms with Crippen molar-refractivity contribution in [3.8, 4) is 11.4 Å². The first-order valence-corrected chi connectivity index (χ1v) is 9.33. The molecule has 1 amide bonds. The molecule has 0 saturated carbocycles. The molecule has 1 aliphatic heterocycles. The Bertz CT molecular complexity index is 968. The Balaban J connectivity index is 1.82. The number of hydrogen-bond donors (Lipinski definition) is 3. The van der Waals surface area contributed by atoms with E-state index in [1.54, 1.807) is 13.0 Å². The molecule has 0 aromatic carbocycles. The third-order valence-electron chi connectivity index (χ3n) is 4.11. The summed E-state index contributed by atoms with van der Waals surface area (Å²) in [5.74, 6) is 0.161. The van der Waals surface area contributed by atoms with Gasteiger partial charge < -0.3 is 9.84 Å². The SMILES string of the molecule is COC1CN(S(=O)(=O)Nc2ccc(-c3nnn(C)c3NC(=O)O)nc2C)C1. The molecule has 0 spiro atoms. The zero-order chi connectivity index (χ0) is 19.8. The van der Waals surface area contributed by atoms with Crippen LogP contribution < -0.4 is 10.0 Å². The number of nitrogens with one attached hydrogen (secondary N) is 2. The van der Waals surface area contributed by atoms with Crippen LogP contribution >= 0.6 is 0 Å². The van der Waals surface area contributed by atoms with Crippen molar-refractivity contribution in [2.45, 2.75) is 13.0 Å². The fourth-order valence-electron chi connectivity index (χ4n) is 2.52. The molecule has 0 bridgehead atoms.